The van der Waals surface area contributed by atoms with Crippen molar-refractivity contribution in [2.45, 2.75) is 85.2 Å². The van der Waals surface area contributed by atoms with Gasteiger partial charge in [-0.1, -0.05) is 57.2 Å². The number of aromatic nitrogens is 2. The van der Waals surface area contributed by atoms with Crippen molar-refractivity contribution in [2.24, 2.45) is 29.1 Å². The molecule has 0 aliphatic carbocycles. The zero-order chi connectivity index (χ0) is 36.7. The molecule has 278 valence electrons. The summed E-state index contributed by atoms with van der Waals surface area (Å²) in [5, 5.41) is 0. The highest BCUT2D eigenvalue weighted by Gasteiger charge is 2.48. The van der Waals surface area contributed by atoms with E-state index in [0.717, 1.165) is 45.0 Å². The summed E-state index contributed by atoms with van der Waals surface area (Å²) in [4.78, 5) is 41.6. The number of nitrogens with zero attached hydrogens (tertiary/aromatic N) is 4. The molecule has 2 aromatic carbocycles. The maximum atomic E-state index is 14.5. The summed E-state index contributed by atoms with van der Waals surface area (Å²) in [6, 6.07) is 13.2. The third kappa shape index (κ3) is 8.77. The maximum absolute atomic E-state index is 14.5. The molecule has 2 unspecified atom stereocenters. The predicted molar refractivity (Wildman–Crippen MR) is 194 cm³/mol. The Balaban J connectivity index is 1.16. The standard InChI is InChI=1S/C42H52F2N4O4/c1-4-42(39(50)41-46-19-25-52-41,34-15-22-48(23-16-34)28-33-6-5-7-36(43)37(33)44)17-12-35(38(49)40-45-18-24-51-40)32-13-20-47(21-14-32)27-31-10-8-30(9-11-31)26-29(2)3/h5-11,18-19,24-25,29,32,34-35H,4,12-17,20-23,26-28H2,1-3H3. The second kappa shape index (κ2) is 17.2. The number of hydrogen-bond acceptors (Lipinski definition) is 8. The smallest absolute Gasteiger partial charge is 0.263 e. The van der Waals surface area contributed by atoms with E-state index in [-0.39, 0.29) is 41.1 Å². The van der Waals surface area contributed by atoms with Gasteiger partial charge in [-0.3, -0.25) is 19.4 Å². The van der Waals surface area contributed by atoms with E-state index < -0.39 is 17.0 Å². The normalized spacial score (nSPS) is 18.4. The minimum atomic E-state index is -0.847. The first-order valence-corrected chi connectivity index (χ1v) is 19.0. The van der Waals surface area contributed by atoms with Crippen molar-refractivity contribution < 1.29 is 27.2 Å². The molecule has 2 fully saturated rings. The molecule has 2 aromatic heterocycles. The van der Waals surface area contributed by atoms with E-state index in [1.54, 1.807) is 6.07 Å². The highest BCUT2D eigenvalue weighted by Crippen LogP contribution is 2.47. The van der Waals surface area contributed by atoms with E-state index in [0.29, 0.717) is 63.2 Å². The van der Waals surface area contributed by atoms with Crippen molar-refractivity contribution in [3.63, 3.8) is 0 Å². The molecular weight excluding hydrogens is 662 g/mol. The van der Waals surface area contributed by atoms with Gasteiger partial charge in [0.1, 0.15) is 12.5 Å². The topological polar surface area (TPSA) is 92.7 Å². The van der Waals surface area contributed by atoms with Gasteiger partial charge in [-0.05, 0) is 112 Å². The number of likely N-dealkylation sites (tertiary alicyclic amines) is 2. The van der Waals surface area contributed by atoms with Crippen molar-refractivity contribution in [1.29, 1.82) is 0 Å². The van der Waals surface area contributed by atoms with Gasteiger partial charge in [-0.2, -0.15) is 0 Å². The molecular formula is C42H52F2N4O4. The van der Waals surface area contributed by atoms with Crippen LogP contribution in [0.4, 0.5) is 8.78 Å². The number of ketones is 2. The van der Waals surface area contributed by atoms with Crippen molar-refractivity contribution in [1.82, 2.24) is 19.8 Å². The molecule has 52 heavy (non-hydrogen) atoms. The number of rotatable bonds is 16. The zero-order valence-electron chi connectivity index (χ0n) is 30.7. The van der Waals surface area contributed by atoms with Crippen LogP contribution < -0.4 is 0 Å². The Kier molecular flexibility index (Phi) is 12.5. The number of oxazole rings is 2. The molecule has 0 radical (unpaired) electrons. The maximum Gasteiger partial charge on any atom is 0.263 e. The van der Waals surface area contributed by atoms with E-state index in [2.05, 4.69) is 57.9 Å². The highest BCUT2D eigenvalue weighted by atomic mass is 19.2. The Labute approximate surface area is 306 Å². The highest BCUT2D eigenvalue weighted by molar-refractivity contribution is 5.97. The van der Waals surface area contributed by atoms with Crippen LogP contribution in [0.5, 0.6) is 0 Å². The Morgan fingerprint density at radius 3 is 2.08 bits per heavy atom. The molecule has 4 aromatic rings. The summed E-state index contributed by atoms with van der Waals surface area (Å²) in [7, 11) is 0. The van der Waals surface area contributed by atoms with Gasteiger partial charge in [-0.25, -0.2) is 18.7 Å². The Morgan fingerprint density at radius 2 is 1.46 bits per heavy atom. The van der Waals surface area contributed by atoms with Crippen molar-refractivity contribution in [3.8, 4) is 0 Å². The molecule has 4 heterocycles. The minimum Gasteiger partial charge on any atom is -0.442 e. The lowest BCUT2D eigenvalue weighted by molar-refractivity contribution is 0.0328. The summed E-state index contributed by atoms with van der Waals surface area (Å²) >= 11 is 0. The summed E-state index contributed by atoms with van der Waals surface area (Å²) in [6.07, 6.45) is 11.6. The van der Waals surface area contributed by atoms with Crippen LogP contribution in [0.15, 0.2) is 76.2 Å². The van der Waals surface area contributed by atoms with E-state index in [1.165, 1.54) is 42.1 Å². The van der Waals surface area contributed by atoms with Gasteiger partial charge in [0.2, 0.25) is 11.6 Å². The van der Waals surface area contributed by atoms with Crippen molar-refractivity contribution in [2.75, 3.05) is 26.2 Å². The summed E-state index contributed by atoms with van der Waals surface area (Å²) in [5.41, 5.74) is 2.18. The lowest BCUT2D eigenvalue weighted by atomic mass is 9.62. The molecule has 6 rings (SSSR count). The number of piperidine rings is 2. The van der Waals surface area contributed by atoms with Crippen molar-refractivity contribution >= 4 is 11.6 Å². The van der Waals surface area contributed by atoms with Crippen LogP contribution in [0, 0.1) is 40.7 Å². The molecule has 10 heteroatoms. The number of benzene rings is 2. The van der Waals surface area contributed by atoms with E-state index in [4.69, 9.17) is 8.83 Å². The average molecular weight is 715 g/mol. The minimum absolute atomic E-state index is 0.00299. The van der Waals surface area contributed by atoms with Crippen LogP contribution in [0.3, 0.4) is 0 Å². The number of carbonyl (C=O) groups excluding carboxylic acids is 2. The van der Waals surface area contributed by atoms with Gasteiger partial charge in [-0.15, -0.1) is 0 Å². The molecule has 0 N–H and O–H groups in total. The van der Waals surface area contributed by atoms with Crippen LogP contribution in [-0.2, 0) is 19.5 Å². The summed E-state index contributed by atoms with van der Waals surface area (Å²) < 4.78 is 39.5. The van der Waals surface area contributed by atoms with Gasteiger partial charge in [0.15, 0.2) is 11.6 Å². The number of carbonyl (C=O) groups is 2. The molecule has 0 amide bonds. The predicted octanol–water partition coefficient (Wildman–Crippen LogP) is 8.82. The SMILES string of the molecule is CCC(CCC(C(=O)c1ncco1)C1CCN(Cc2ccc(CC(C)C)cc2)CC1)(C(=O)c1ncco1)C1CCN(Cc2cccc(F)c2F)CC1. The van der Waals surface area contributed by atoms with Gasteiger partial charge < -0.3 is 8.83 Å². The monoisotopic (exact) mass is 714 g/mol. The van der Waals surface area contributed by atoms with Gasteiger partial charge in [0.05, 0.1) is 12.4 Å². The first-order valence-electron chi connectivity index (χ1n) is 19.0. The fraction of sp³-hybridized carbons (Fsp3) is 0.524. The van der Waals surface area contributed by atoms with Gasteiger partial charge >= 0.3 is 0 Å². The Morgan fingerprint density at radius 1 is 0.846 bits per heavy atom. The first-order chi connectivity index (χ1) is 25.2. The quantitative estimate of drug-likeness (QED) is 0.106. The van der Waals surface area contributed by atoms with Crippen LogP contribution in [0.25, 0.3) is 0 Å². The summed E-state index contributed by atoms with van der Waals surface area (Å²) in [6.45, 7) is 10.7. The average Bonchev–Trinajstić information content (AvgIpc) is 3.90. The van der Waals surface area contributed by atoms with Gasteiger partial charge in [0, 0.05) is 30.0 Å². The molecule has 0 bridgehead atoms. The fourth-order valence-electron chi connectivity index (χ4n) is 8.75. The second-order valence-corrected chi connectivity index (χ2v) is 15.3. The summed E-state index contributed by atoms with van der Waals surface area (Å²) in [5.74, 6) is -1.30. The second-order valence-electron chi connectivity index (χ2n) is 15.3. The molecule has 2 atom stereocenters. The van der Waals surface area contributed by atoms with E-state index >= 15 is 0 Å². The first kappa shape index (κ1) is 37.7. The van der Waals surface area contributed by atoms with Crippen LogP contribution >= 0.6 is 0 Å². The molecule has 0 saturated carbocycles. The molecule has 2 aliphatic heterocycles. The van der Waals surface area contributed by atoms with Crippen LogP contribution in [-0.4, -0.2) is 57.5 Å². The number of Topliss-reactive ketones (excluding diaryl/α,β-unsaturated/α-hetero) is 2. The lowest BCUT2D eigenvalue weighted by Crippen LogP contribution is -2.46. The number of hydrogen-bond donors (Lipinski definition) is 0. The molecule has 8 nitrogen and oxygen atoms in total. The Bertz CT molecular complexity index is 1730. The molecule has 0 spiro atoms. The third-order valence-corrected chi connectivity index (χ3v) is 11.7. The molecule has 2 saturated heterocycles. The largest absolute Gasteiger partial charge is 0.442 e. The van der Waals surface area contributed by atoms with Crippen LogP contribution in [0.1, 0.15) is 104 Å². The van der Waals surface area contributed by atoms with E-state index in [1.807, 2.05) is 6.92 Å². The fourth-order valence-corrected chi connectivity index (χ4v) is 8.75. The molecule has 2 aliphatic rings. The van der Waals surface area contributed by atoms with Crippen molar-refractivity contribution in [3.05, 3.63) is 107 Å². The van der Waals surface area contributed by atoms with E-state index in [9.17, 15) is 18.4 Å². The lowest BCUT2D eigenvalue weighted by Gasteiger charge is -2.44. The van der Waals surface area contributed by atoms with Crippen LogP contribution in [0.2, 0.25) is 0 Å². The number of halogens is 2. The Hall–Kier alpha value is -4.02. The van der Waals surface area contributed by atoms with Gasteiger partial charge in [0.25, 0.3) is 11.8 Å². The zero-order valence-corrected chi connectivity index (χ0v) is 30.7. The third-order valence-electron chi connectivity index (χ3n) is 11.7.